The topological polar surface area (TPSA) is 24.5 Å². The lowest BCUT2D eigenvalue weighted by Crippen LogP contribution is -2.66. The van der Waals surface area contributed by atoms with E-state index in [-0.39, 0.29) is 0 Å². The molecule has 2 saturated carbocycles. The minimum absolute atomic E-state index is 0.321. The van der Waals surface area contributed by atoms with Gasteiger partial charge in [-0.1, -0.05) is 49.1 Å². The molecule has 7 atom stereocenters. The van der Waals surface area contributed by atoms with Gasteiger partial charge in [-0.3, -0.25) is 4.90 Å². The van der Waals surface area contributed by atoms with Crippen LogP contribution in [0.4, 0.5) is 0 Å². The van der Waals surface area contributed by atoms with E-state index < -0.39 is 0 Å². The monoisotopic (exact) mass is 510 g/mol. The van der Waals surface area contributed by atoms with Crippen molar-refractivity contribution in [2.24, 2.45) is 17.8 Å². The van der Waals surface area contributed by atoms with Crippen molar-refractivity contribution in [3.8, 4) is 5.75 Å². The second-order valence-electron chi connectivity index (χ2n) is 14.0. The number of aryl methyl sites for hydroxylation is 1. The first-order valence-corrected chi connectivity index (χ1v) is 15.9. The molecule has 2 saturated heterocycles. The maximum absolute atomic E-state index is 5.81. The molecule has 2 heterocycles. The molecule has 4 fully saturated rings. The number of benzene rings is 2. The molecule has 4 bridgehead atoms. The Bertz CT molecular complexity index is 1240. The molecule has 8 rings (SSSR count). The van der Waals surface area contributed by atoms with Crippen molar-refractivity contribution in [2.75, 3.05) is 26.7 Å². The van der Waals surface area contributed by atoms with Crippen molar-refractivity contribution in [3.63, 3.8) is 0 Å². The number of nitrogens with one attached hydrogen (secondary N) is 1. The Hall–Kier alpha value is -1.84. The molecule has 1 unspecified atom stereocenters. The highest BCUT2D eigenvalue weighted by molar-refractivity contribution is 5.47. The second-order valence-corrected chi connectivity index (χ2v) is 14.0. The van der Waals surface area contributed by atoms with Crippen LogP contribution < -0.4 is 10.1 Å². The summed E-state index contributed by atoms with van der Waals surface area (Å²) in [6.45, 7) is 6.09. The van der Waals surface area contributed by atoms with E-state index in [4.69, 9.17) is 4.74 Å². The quantitative estimate of drug-likeness (QED) is 0.522. The summed E-state index contributed by atoms with van der Waals surface area (Å²) in [4.78, 5) is 3.05. The molecule has 38 heavy (non-hydrogen) atoms. The summed E-state index contributed by atoms with van der Waals surface area (Å²) in [6, 6.07) is 15.9. The normalized spacial score (nSPS) is 39.4. The van der Waals surface area contributed by atoms with Gasteiger partial charge >= 0.3 is 0 Å². The molecule has 0 spiro atoms. The van der Waals surface area contributed by atoms with Crippen molar-refractivity contribution in [2.45, 2.75) is 100 Å². The zero-order valence-electron chi connectivity index (χ0n) is 23.6. The minimum atomic E-state index is 0.321. The van der Waals surface area contributed by atoms with Crippen molar-refractivity contribution in [3.05, 3.63) is 64.2 Å². The number of likely N-dealkylation sites (tertiary alicyclic amines) is 1. The van der Waals surface area contributed by atoms with E-state index in [9.17, 15) is 0 Å². The molecule has 1 N–H and O–H groups in total. The molecule has 3 nitrogen and oxygen atoms in total. The molecule has 3 heteroatoms. The van der Waals surface area contributed by atoms with Crippen LogP contribution in [-0.2, 0) is 23.7 Å². The van der Waals surface area contributed by atoms with Gasteiger partial charge in [0.15, 0.2) is 0 Å². The minimum Gasteiger partial charge on any atom is -0.497 e. The highest BCUT2D eigenvalue weighted by Crippen LogP contribution is 2.59. The Morgan fingerprint density at radius 1 is 0.895 bits per heavy atom. The molecule has 2 aliphatic heterocycles. The molecule has 2 aromatic carbocycles. The van der Waals surface area contributed by atoms with Gasteiger partial charge in [0.25, 0.3) is 0 Å². The van der Waals surface area contributed by atoms with Crippen molar-refractivity contribution in [1.82, 2.24) is 10.2 Å². The summed E-state index contributed by atoms with van der Waals surface area (Å²) in [7, 11) is 1.84. The number of hydrogen-bond acceptors (Lipinski definition) is 3. The van der Waals surface area contributed by atoms with E-state index in [1.165, 1.54) is 95.8 Å². The Kier molecular flexibility index (Phi) is 5.58. The molecule has 0 aromatic heterocycles. The predicted molar refractivity (Wildman–Crippen MR) is 154 cm³/mol. The third-order valence-electron chi connectivity index (χ3n) is 12.7. The fourth-order valence-electron chi connectivity index (χ4n) is 11.2. The van der Waals surface area contributed by atoms with Crippen LogP contribution in [0.15, 0.2) is 36.4 Å². The summed E-state index contributed by atoms with van der Waals surface area (Å²) in [6.07, 6.45) is 15.1. The Morgan fingerprint density at radius 2 is 1.76 bits per heavy atom. The van der Waals surface area contributed by atoms with Crippen LogP contribution >= 0.6 is 0 Å². The van der Waals surface area contributed by atoms with Crippen LogP contribution in [0.1, 0.15) is 85.6 Å². The van der Waals surface area contributed by atoms with Crippen LogP contribution in [0.3, 0.4) is 0 Å². The fourth-order valence-corrected chi connectivity index (χ4v) is 11.2. The third-order valence-corrected chi connectivity index (χ3v) is 12.7. The molecule has 6 aliphatic rings. The molecule has 2 aromatic rings. The SMILES string of the molecule is COc1ccc2c(c1)[C@@]13CCN[C@@H](C2)[C@H]1CCCC3CN1CC[C@@]23CCCC[C@@H]2[C@@H]1Cc1ccc(C)cc13. The lowest BCUT2D eigenvalue weighted by molar-refractivity contribution is -0.0472. The number of hydrogen-bond donors (Lipinski definition) is 1. The van der Waals surface area contributed by atoms with Gasteiger partial charge in [0.2, 0.25) is 0 Å². The van der Waals surface area contributed by atoms with E-state index in [1.807, 2.05) is 7.11 Å². The van der Waals surface area contributed by atoms with E-state index in [2.05, 4.69) is 53.5 Å². The smallest absolute Gasteiger partial charge is 0.119 e. The van der Waals surface area contributed by atoms with Gasteiger partial charge in [0, 0.05) is 29.5 Å². The summed E-state index contributed by atoms with van der Waals surface area (Å²) in [5, 5.41) is 3.98. The number of fused-ring (bicyclic) bond motifs is 2. The number of nitrogens with zero attached hydrogens (tertiary/aromatic N) is 1. The molecular formula is C35H46N2O. The lowest BCUT2D eigenvalue weighted by Gasteiger charge is -2.62. The average Bonchev–Trinajstić information content (AvgIpc) is 2.94. The van der Waals surface area contributed by atoms with Crippen molar-refractivity contribution in [1.29, 1.82) is 0 Å². The highest BCUT2D eigenvalue weighted by atomic mass is 16.5. The van der Waals surface area contributed by atoms with Crippen LogP contribution in [0.2, 0.25) is 0 Å². The van der Waals surface area contributed by atoms with Crippen molar-refractivity contribution >= 4 is 0 Å². The summed E-state index contributed by atoms with van der Waals surface area (Å²) < 4.78 is 5.81. The largest absolute Gasteiger partial charge is 0.497 e. The maximum Gasteiger partial charge on any atom is 0.119 e. The van der Waals surface area contributed by atoms with Crippen molar-refractivity contribution < 1.29 is 4.74 Å². The number of piperidine rings is 2. The number of methoxy groups -OCH3 is 1. The molecule has 0 radical (unpaired) electrons. The Labute approximate surface area is 229 Å². The molecule has 4 aliphatic carbocycles. The van der Waals surface area contributed by atoms with Gasteiger partial charge in [-0.25, -0.2) is 0 Å². The Balaban J connectivity index is 1.18. The van der Waals surface area contributed by atoms with Gasteiger partial charge in [-0.2, -0.15) is 0 Å². The standard InChI is InChI=1S/C35H46N2O/c1-23-9-10-25-20-33-29-7-3-4-13-34(29,30(25)18-23)15-17-37(33)22-26-6-5-8-28-32-19-24-11-12-27(38-2)21-31(24)35(26,28)14-16-36-32/h9-12,18,21,26,28-29,32-33,36H,3-8,13-17,19-20,22H2,1-2H3/t26?,28-,29-,32+,33+,34+,35-/m1/s1. The number of rotatable bonds is 3. The van der Waals surface area contributed by atoms with E-state index in [0.717, 1.165) is 29.5 Å². The zero-order valence-corrected chi connectivity index (χ0v) is 23.6. The highest BCUT2D eigenvalue weighted by Gasteiger charge is 2.58. The maximum atomic E-state index is 5.81. The fraction of sp³-hybridized carbons (Fsp3) is 0.657. The predicted octanol–water partition coefficient (Wildman–Crippen LogP) is 6.33. The summed E-state index contributed by atoms with van der Waals surface area (Å²) >= 11 is 0. The lowest BCUT2D eigenvalue weighted by atomic mass is 9.48. The van der Waals surface area contributed by atoms with Crippen LogP contribution in [0.25, 0.3) is 0 Å². The third kappa shape index (κ3) is 3.27. The Morgan fingerprint density at radius 3 is 2.68 bits per heavy atom. The second kappa shape index (κ2) is 8.83. The van der Waals surface area contributed by atoms with E-state index >= 15 is 0 Å². The van der Waals surface area contributed by atoms with Crippen LogP contribution in [-0.4, -0.2) is 43.7 Å². The molecular weight excluding hydrogens is 464 g/mol. The van der Waals surface area contributed by atoms with E-state index in [0.29, 0.717) is 16.9 Å². The van der Waals surface area contributed by atoms with Gasteiger partial charge in [-0.15, -0.1) is 0 Å². The van der Waals surface area contributed by atoms with Crippen LogP contribution in [0, 0.1) is 24.7 Å². The summed E-state index contributed by atoms with van der Waals surface area (Å²) in [5.41, 5.74) is 8.93. The molecule has 0 amide bonds. The summed E-state index contributed by atoms with van der Waals surface area (Å²) in [5.74, 6) is 3.45. The van der Waals surface area contributed by atoms with Gasteiger partial charge in [0.05, 0.1) is 7.11 Å². The van der Waals surface area contributed by atoms with Gasteiger partial charge in [-0.05, 0) is 124 Å². The van der Waals surface area contributed by atoms with Crippen LogP contribution in [0.5, 0.6) is 5.75 Å². The van der Waals surface area contributed by atoms with E-state index in [1.54, 1.807) is 22.3 Å². The first kappa shape index (κ1) is 24.0. The zero-order chi connectivity index (χ0) is 25.5. The first-order chi connectivity index (χ1) is 18.6. The first-order valence-electron chi connectivity index (χ1n) is 15.9. The number of ether oxygens (including phenoxy) is 1. The molecule has 202 valence electrons. The average molecular weight is 511 g/mol. The van der Waals surface area contributed by atoms with Gasteiger partial charge < -0.3 is 10.1 Å². The van der Waals surface area contributed by atoms with Gasteiger partial charge in [0.1, 0.15) is 5.75 Å².